The van der Waals surface area contributed by atoms with E-state index in [1.807, 2.05) is 0 Å². The highest BCUT2D eigenvalue weighted by atomic mass is 79.9. The number of ether oxygens (including phenoxy) is 3. The van der Waals surface area contributed by atoms with Crippen LogP contribution in [0.1, 0.15) is 20.3 Å². The average Bonchev–Trinajstić information content (AvgIpc) is 2.20. The minimum absolute atomic E-state index is 0.0421. The van der Waals surface area contributed by atoms with Gasteiger partial charge in [-0.05, 0) is 0 Å². The van der Waals surface area contributed by atoms with Crippen molar-refractivity contribution in [3.05, 3.63) is 0 Å². The lowest BCUT2D eigenvalue weighted by Gasteiger charge is -2.36. The third-order valence-electron chi connectivity index (χ3n) is 2.23. The van der Waals surface area contributed by atoms with Crippen LogP contribution in [0, 0.1) is 0 Å². The van der Waals surface area contributed by atoms with Crippen molar-refractivity contribution in [3.8, 4) is 0 Å². The zero-order chi connectivity index (χ0) is 13.0. The Kier molecular flexibility index (Phi) is 5.88. The molecule has 0 N–H and O–H groups in total. The van der Waals surface area contributed by atoms with Gasteiger partial charge in [0, 0.05) is 20.3 Å². The molecular formula is C10H14Br2O5. The molecule has 5 nitrogen and oxygen atoms in total. The molecule has 1 aliphatic heterocycles. The smallest absolute Gasteiger partial charge is 0.302 e. The molecule has 98 valence electrons. The van der Waals surface area contributed by atoms with E-state index in [9.17, 15) is 9.59 Å². The number of carbonyl (C=O) groups excluding carboxylic acids is 2. The Morgan fingerprint density at radius 2 is 1.94 bits per heavy atom. The fourth-order valence-corrected chi connectivity index (χ4v) is 2.49. The third-order valence-corrected chi connectivity index (χ3v) is 4.65. The minimum Gasteiger partial charge on any atom is -0.463 e. The summed E-state index contributed by atoms with van der Waals surface area (Å²) in [4.78, 5) is 21.8. The molecule has 0 aromatic heterocycles. The summed E-state index contributed by atoms with van der Waals surface area (Å²) in [6, 6.07) is 0. The van der Waals surface area contributed by atoms with Gasteiger partial charge in [0.05, 0.1) is 4.83 Å². The first-order valence-corrected chi connectivity index (χ1v) is 6.97. The van der Waals surface area contributed by atoms with Gasteiger partial charge in [0.1, 0.15) is 23.8 Å². The topological polar surface area (TPSA) is 61.8 Å². The second-order valence-electron chi connectivity index (χ2n) is 3.73. The van der Waals surface area contributed by atoms with Gasteiger partial charge in [-0.3, -0.25) is 9.59 Å². The predicted molar refractivity (Wildman–Crippen MR) is 67.1 cm³/mol. The molecule has 0 amide bonds. The molecule has 1 aliphatic rings. The monoisotopic (exact) mass is 372 g/mol. The largest absolute Gasteiger partial charge is 0.463 e. The Morgan fingerprint density at radius 3 is 2.47 bits per heavy atom. The number of hydrogen-bond donors (Lipinski definition) is 0. The van der Waals surface area contributed by atoms with Gasteiger partial charge in [-0.2, -0.15) is 0 Å². The van der Waals surface area contributed by atoms with Crippen LogP contribution in [0.2, 0.25) is 0 Å². The van der Waals surface area contributed by atoms with Gasteiger partial charge in [-0.1, -0.05) is 31.9 Å². The number of carbonyl (C=O) groups is 2. The van der Waals surface area contributed by atoms with E-state index in [0.29, 0.717) is 6.42 Å². The Morgan fingerprint density at radius 1 is 1.29 bits per heavy atom. The van der Waals surface area contributed by atoms with Crippen molar-refractivity contribution in [1.29, 1.82) is 0 Å². The SMILES string of the molecule is CC(=O)OCC1OC(Br)C(Br)CC1OC(C)=O. The van der Waals surface area contributed by atoms with Crippen LogP contribution >= 0.6 is 31.9 Å². The molecular weight excluding hydrogens is 360 g/mol. The van der Waals surface area contributed by atoms with Gasteiger partial charge in [-0.15, -0.1) is 0 Å². The lowest BCUT2D eigenvalue weighted by Crippen LogP contribution is -2.47. The Balaban J connectivity index is 2.60. The molecule has 0 aromatic carbocycles. The maximum Gasteiger partial charge on any atom is 0.302 e. The molecule has 1 saturated heterocycles. The zero-order valence-electron chi connectivity index (χ0n) is 9.52. The maximum atomic E-state index is 11.0. The maximum absolute atomic E-state index is 11.0. The summed E-state index contributed by atoms with van der Waals surface area (Å²) in [5.41, 5.74) is 0. The first kappa shape index (κ1) is 14.9. The van der Waals surface area contributed by atoms with E-state index in [4.69, 9.17) is 14.2 Å². The number of alkyl halides is 2. The van der Waals surface area contributed by atoms with Gasteiger partial charge in [0.2, 0.25) is 0 Å². The highest BCUT2D eigenvalue weighted by Gasteiger charge is 2.38. The first-order chi connectivity index (χ1) is 7.90. The molecule has 1 fully saturated rings. The number of hydrogen-bond acceptors (Lipinski definition) is 5. The van der Waals surface area contributed by atoms with E-state index in [1.165, 1.54) is 13.8 Å². The van der Waals surface area contributed by atoms with Crippen LogP contribution in [0.4, 0.5) is 0 Å². The number of rotatable bonds is 3. The summed E-state index contributed by atoms with van der Waals surface area (Å²) < 4.78 is 15.6. The quantitative estimate of drug-likeness (QED) is 0.557. The molecule has 0 aromatic rings. The van der Waals surface area contributed by atoms with E-state index in [0.717, 1.165) is 0 Å². The van der Waals surface area contributed by atoms with Gasteiger partial charge in [0.15, 0.2) is 0 Å². The van der Waals surface area contributed by atoms with Gasteiger partial charge in [-0.25, -0.2) is 0 Å². The Labute approximate surface area is 116 Å². The second-order valence-corrected chi connectivity index (χ2v) is 5.81. The standard InChI is InChI=1S/C10H14Br2O5/c1-5(13)15-4-9-8(16-6(2)14)3-7(11)10(12)17-9/h7-10H,3-4H2,1-2H3. The molecule has 17 heavy (non-hydrogen) atoms. The third kappa shape index (κ3) is 4.93. The van der Waals surface area contributed by atoms with Crippen LogP contribution in [0.15, 0.2) is 0 Å². The summed E-state index contributed by atoms with van der Waals surface area (Å²) in [7, 11) is 0. The van der Waals surface area contributed by atoms with Gasteiger partial charge in [0.25, 0.3) is 0 Å². The van der Waals surface area contributed by atoms with Crippen molar-refractivity contribution >= 4 is 43.8 Å². The van der Waals surface area contributed by atoms with E-state index in [-0.39, 0.29) is 28.4 Å². The van der Waals surface area contributed by atoms with Crippen LogP contribution in [-0.4, -0.2) is 40.6 Å². The van der Waals surface area contributed by atoms with E-state index in [1.54, 1.807) is 0 Å². The molecule has 0 radical (unpaired) electrons. The second kappa shape index (κ2) is 6.70. The molecule has 4 unspecified atom stereocenters. The van der Waals surface area contributed by atoms with Crippen molar-refractivity contribution < 1.29 is 23.8 Å². The predicted octanol–water partition coefficient (Wildman–Crippen LogP) is 1.75. The van der Waals surface area contributed by atoms with E-state index >= 15 is 0 Å². The minimum atomic E-state index is -0.444. The zero-order valence-corrected chi connectivity index (χ0v) is 12.7. The van der Waals surface area contributed by atoms with E-state index in [2.05, 4.69) is 31.9 Å². The number of esters is 2. The Hall–Kier alpha value is -0.140. The number of halogens is 2. The van der Waals surface area contributed by atoms with Crippen LogP contribution in [0.5, 0.6) is 0 Å². The summed E-state index contributed by atoms with van der Waals surface area (Å²) in [6.45, 7) is 2.74. The molecule has 0 saturated carbocycles. The molecule has 0 bridgehead atoms. The summed E-state index contributed by atoms with van der Waals surface area (Å²) in [5.74, 6) is -0.763. The Bertz CT molecular complexity index is 296. The van der Waals surface area contributed by atoms with Crippen molar-refractivity contribution in [2.24, 2.45) is 0 Å². The molecule has 0 spiro atoms. The van der Waals surface area contributed by atoms with Gasteiger partial charge < -0.3 is 14.2 Å². The summed E-state index contributed by atoms with van der Waals surface area (Å²) in [5, 5.41) is -0.199. The summed E-state index contributed by atoms with van der Waals surface area (Å²) in [6.07, 6.45) is -0.257. The van der Waals surface area contributed by atoms with Crippen LogP contribution in [0.25, 0.3) is 0 Å². The lowest BCUT2D eigenvalue weighted by molar-refractivity contribution is -0.171. The molecule has 1 rings (SSSR count). The summed E-state index contributed by atoms with van der Waals surface area (Å²) >= 11 is 6.77. The fraction of sp³-hybridized carbons (Fsp3) is 0.800. The normalized spacial score (nSPS) is 32.9. The molecule has 0 aliphatic carbocycles. The average molecular weight is 374 g/mol. The van der Waals surface area contributed by atoms with Crippen molar-refractivity contribution in [2.75, 3.05) is 6.61 Å². The lowest BCUT2D eigenvalue weighted by atomic mass is 10.1. The van der Waals surface area contributed by atoms with Crippen molar-refractivity contribution in [1.82, 2.24) is 0 Å². The fourth-order valence-electron chi connectivity index (χ4n) is 1.50. The molecule has 7 heteroatoms. The molecule has 4 atom stereocenters. The van der Waals surface area contributed by atoms with Crippen LogP contribution in [-0.2, 0) is 23.8 Å². The van der Waals surface area contributed by atoms with Crippen LogP contribution < -0.4 is 0 Å². The molecule has 1 heterocycles. The van der Waals surface area contributed by atoms with Crippen molar-refractivity contribution in [3.63, 3.8) is 0 Å². The highest BCUT2D eigenvalue weighted by molar-refractivity contribution is 9.12. The van der Waals surface area contributed by atoms with E-state index < -0.39 is 12.2 Å². The highest BCUT2D eigenvalue weighted by Crippen LogP contribution is 2.31. The van der Waals surface area contributed by atoms with Crippen molar-refractivity contribution in [2.45, 2.75) is 42.3 Å². The van der Waals surface area contributed by atoms with Crippen LogP contribution in [0.3, 0.4) is 0 Å². The van der Waals surface area contributed by atoms with Gasteiger partial charge >= 0.3 is 11.9 Å². The first-order valence-electron chi connectivity index (χ1n) is 5.14.